The van der Waals surface area contributed by atoms with Crippen molar-refractivity contribution in [3.8, 4) is 11.5 Å². The molecule has 2 rings (SSSR count). The second kappa shape index (κ2) is 7.31. The van der Waals surface area contributed by atoms with E-state index < -0.39 is 0 Å². The Labute approximate surface area is 125 Å². The van der Waals surface area contributed by atoms with Gasteiger partial charge in [0.2, 0.25) is 5.91 Å². The highest BCUT2D eigenvalue weighted by Gasteiger charge is 2.28. The zero-order chi connectivity index (χ0) is 15.2. The molecule has 21 heavy (non-hydrogen) atoms. The maximum absolute atomic E-state index is 12.3. The molecule has 1 aliphatic carbocycles. The van der Waals surface area contributed by atoms with Crippen LogP contribution in [-0.4, -0.2) is 25.7 Å². The number of rotatable bonds is 5. The van der Waals surface area contributed by atoms with Crippen molar-refractivity contribution >= 4 is 11.6 Å². The van der Waals surface area contributed by atoms with Gasteiger partial charge in [0, 0.05) is 17.8 Å². The van der Waals surface area contributed by atoms with Crippen molar-refractivity contribution in [1.82, 2.24) is 0 Å². The molecule has 1 aromatic carbocycles. The first-order chi connectivity index (χ1) is 10.2. The Morgan fingerprint density at radius 3 is 2.76 bits per heavy atom. The van der Waals surface area contributed by atoms with E-state index in [9.17, 15) is 4.79 Å². The highest BCUT2D eigenvalue weighted by molar-refractivity contribution is 5.93. The summed E-state index contributed by atoms with van der Waals surface area (Å²) in [6.45, 7) is 2.45. The fourth-order valence-electron chi connectivity index (χ4n) is 2.74. The topological polar surface area (TPSA) is 73.6 Å². The van der Waals surface area contributed by atoms with Crippen molar-refractivity contribution in [2.45, 2.75) is 38.6 Å². The third-order valence-corrected chi connectivity index (χ3v) is 3.89. The quantitative estimate of drug-likeness (QED) is 0.874. The Hall–Kier alpha value is -1.75. The molecule has 1 saturated carbocycles. The van der Waals surface area contributed by atoms with E-state index in [1.807, 2.05) is 13.0 Å². The Balaban J connectivity index is 2.08. The molecule has 0 spiro atoms. The van der Waals surface area contributed by atoms with Crippen LogP contribution >= 0.6 is 0 Å². The van der Waals surface area contributed by atoms with Crippen LogP contribution < -0.4 is 20.5 Å². The number of benzene rings is 1. The van der Waals surface area contributed by atoms with E-state index in [0.29, 0.717) is 23.8 Å². The molecule has 0 bridgehead atoms. The number of carbonyl (C=O) groups excluding carboxylic acids is 1. The molecule has 1 amide bonds. The SMILES string of the molecule is CCOc1cc(NC(=O)C2CCCCC2N)ccc1OC. The van der Waals surface area contributed by atoms with Gasteiger partial charge in [0.1, 0.15) is 0 Å². The number of nitrogens with one attached hydrogen (secondary N) is 1. The number of nitrogens with two attached hydrogens (primary N) is 1. The molecule has 1 aliphatic rings. The van der Waals surface area contributed by atoms with E-state index >= 15 is 0 Å². The minimum atomic E-state index is -0.101. The number of hydrogen-bond acceptors (Lipinski definition) is 4. The molecule has 5 nitrogen and oxygen atoms in total. The maximum Gasteiger partial charge on any atom is 0.229 e. The minimum Gasteiger partial charge on any atom is -0.493 e. The highest BCUT2D eigenvalue weighted by Crippen LogP contribution is 2.31. The summed E-state index contributed by atoms with van der Waals surface area (Å²) in [5.41, 5.74) is 6.76. The Bertz CT molecular complexity index is 490. The van der Waals surface area contributed by atoms with Gasteiger partial charge in [-0.3, -0.25) is 4.79 Å². The standard InChI is InChI=1S/C16H24N2O3/c1-3-21-15-10-11(8-9-14(15)20-2)18-16(19)12-6-4-5-7-13(12)17/h8-10,12-13H,3-7,17H2,1-2H3,(H,18,19). The van der Waals surface area contributed by atoms with Crippen LogP contribution in [0.1, 0.15) is 32.6 Å². The van der Waals surface area contributed by atoms with Gasteiger partial charge in [-0.2, -0.15) is 0 Å². The van der Waals surface area contributed by atoms with Crippen LogP contribution in [0.2, 0.25) is 0 Å². The summed E-state index contributed by atoms with van der Waals surface area (Å²) in [4.78, 5) is 12.3. The summed E-state index contributed by atoms with van der Waals surface area (Å²) in [6.07, 6.45) is 3.97. The van der Waals surface area contributed by atoms with Crippen LogP contribution in [0, 0.1) is 5.92 Å². The largest absolute Gasteiger partial charge is 0.493 e. The summed E-state index contributed by atoms with van der Waals surface area (Å²) >= 11 is 0. The van der Waals surface area contributed by atoms with Crippen LogP contribution in [0.3, 0.4) is 0 Å². The highest BCUT2D eigenvalue weighted by atomic mass is 16.5. The van der Waals surface area contributed by atoms with Crippen molar-refractivity contribution in [3.05, 3.63) is 18.2 Å². The molecule has 0 heterocycles. The number of carbonyl (C=O) groups is 1. The normalized spacial score (nSPS) is 21.7. The lowest BCUT2D eigenvalue weighted by Gasteiger charge is -2.27. The summed E-state index contributed by atoms with van der Waals surface area (Å²) in [5, 5.41) is 2.94. The van der Waals surface area contributed by atoms with Gasteiger partial charge in [-0.15, -0.1) is 0 Å². The van der Waals surface area contributed by atoms with Gasteiger partial charge in [-0.25, -0.2) is 0 Å². The number of hydrogen-bond donors (Lipinski definition) is 2. The predicted molar refractivity (Wildman–Crippen MR) is 82.7 cm³/mol. The molecule has 0 saturated heterocycles. The molecule has 0 aliphatic heterocycles. The van der Waals surface area contributed by atoms with E-state index in [4.69, 9.17) is 15.2 Å². The van der Waals surface area contributed by atoms with Gasteiger partial charge < -0.3 is 20.5 Å². The molecule has 2 unspecified atom stereocenters. The van der Waals surface area contributed by atoms with Crippen LogP contribution in [0.4, 0.5) is 5.69 Å². The van der Waals surface area contributed by atoms with Crippen LogP contribution in [0.5, 0.6) is 11.5 Å². The maximum atomic E-state index is 12.3. The molecule has 0 radical (unpaired) electrons. The molecule has 1 fully saturated rings. The molecule has 5 heteroatoms. The molecule has 0 aromatic heterocycles. The van der Waals surface area contributed by atoms with Crippen LogP contribution in [0.15, 0.2) is 18.2 Å². The second-order valence-electron chi connectivity index (χ2n) is 5.34. The third-order valence-electron chi connectivity index (χ3n) is 3.89. The first kappa shape index (κ1) is 15.6. The Morgan fingerprint density at radius 2 is 2.10 bits per heavy atom. The van der Waals surface area contributed by atoms with Crippen LogP contribution in [0.25, 0.3) is 0 Å². The summed E-state index contributed by atoms with van der Waals surface area (Å²) in [6, 6.07) is 5.35. The fourth-order valence-corrected chi connectivity index (χ4v) is 2.74. The minimum absolute atomic E-state index is 0.00480. The molecule has 3 N–H and O–H groups in total. The molecule has 1 aromatic rings. The van der Waals surface area contributed by atoms with Gasteiger partial charge in [0.25, 0.3) is 0 Å². The van der Waals surface area contributed by atoms with Crippen molar-refractivity contribution in [1.29, 1.82) is 0 Å². The average Bonchev–Trinajstić information content (AvgIpc) is 2.48. The van der Waals surface area contributed by atoms with Crippen molar-refractivity contribution in [3.63, 3.8) is 0 Å². The number of ether oxygens (including phenoxy) is 2. The number of amides is 1. The average molecular weight is 292 g/mol. The van der Waals surface area contributed by atoms with Crippen molar-refractivity contribution < 1.29 is 14.3 Å². The smallest absolute Gasteiger partial charge is 0.229 e. The van der Waals surface area contributed by atoms with Gasteiger partial charge >= 0.3 is 0 Å². The van der Waals surface area contributed by atoms with E-state index in [0.717, 1.165) is 25.7 Å². The molecular formula is C16H24N2O3. The van der Waals surface area contributed by atoms with E-state index in [2.05, 4.69) is 5.32 Å². The zero-order valence-corrected chi connectivity index (χ0v) is 12.7. The lowest BCUT2D eigenvalue weighted by molar-refractivity contribution is -0.121. The van der Waals surface area contributed by atoms with Gasteiger partial charge in [0.05, 0.1) is 19.6 Å². The van der Waals surface area contributed by atoms with Crippen molar-refractivity contribution in [2.75, 3.05) is 19.0 Å². The van der Waals surface area contributed by atoms with Gasteiger partial charge in [0.15, 0.2) is 11.5 Å². The monoisotopic (exact) mass is 292 g/mol. The summed E-state index contributed by atoms with van der Waals surface area (Å²) in [7, 11) is 1.59. The first-order valence-electron chi connectivity index (χ1n) is 7.53. The molecule has 2 atom stereocenters. The van der Waals surface area contributed by atoms with Crippen LogP contribution in [-0.2, 0) is 4.79 Å². The Morgan fingerprint density at radius 1 is 1.33 bits per heavy atom. The molecule has 116 valence electrons. The summed E-state index contributed by atoms with van der Waals surface area (Å²) < 4.78 is 10.7. The lowest BCUT2D eigenvalue weighted by atomic mass is 9.84. The number of methoxy groups -OCH3 is 1. The van der Waals surface area contributed by atoms with E-state index in [1.54, 1.807) is 19.2 Å². The first-order valence-corrected chi connectivity index (χ1v) is 7.53. The van der Waals surface area contributed by atoms with E-state index in [1.165, 1.54) is 0 Å². The van der Waals surface area contributed by atoms with Gasteiger partial charge in [-0.05, 0) is 31.9 Å². The Kier molecular flexibility index (Phi) is 5.44. The number of anilines is 1. The fraction of sp³-hybridized carbons (Fsp3) is 0.562. The van der Waals surface area contributed by atoms with Gasteiger partial charge in [-0.1, -0.05) is 12.8 Å². The zero-order valence-electron chi connectivity index (χ0n) is 12.7. The summed E-state index contributed by atoms with van der Waals surface area (Å²) in [5.74, 6) is 1.18. The second-order valence-corrected chi connectivity index (χ2v) is 5.34. The predicted octanol–water partition coefficient (Wildman–Crippen LogP) is 2.55. The molecular weight excluding hydrogens is 268 g/mol. The lowest BCUT2D eigenvalue weighted by Crippen LogP contribution is -2.40. The third kappa shape index (κ3) is 3.88. The van der Waals surface area contributed by atoms with E-state index in [-0.39, 0.29) is 17.9 Å². The van der Waals surface area contributed by atoms with Crippen molar-refractivity contribution in [2.24, 2.45) is 11.7 Å².